The van der Waals surface area contributed by atoms with E-state index in [1.165, 1.54) is 89.9 Å². The molecule has 4 unspecified atom stereocenters. The summed E-state index contributed by atoms with van der Waals surface area (Å²) in [6.07, 6.45) is 32.3. The summed E-state index contributed by atoms with van der Waals surface area (Å²) < 4.78 is 67.9. The minimum absolute atomic E-state index is 0.103. The molecule has 0 spiro atoms. The van der Waals surface area contributed by atoms with Crippen LogP contribution in [0, 0.1) is 23.7 Å². The average molecular weight is 1210 g/mol. The third kappa shape index (κ3) is 54.7. The number of aliphatic hydroxyl groups excluding tert-OH is 1. The number of rotatable bonds is 60. The Morgan fingerprint density at radius 2 is 0.585 bits per heavy atom. The van der Waals surface area contributed by atoms with Crippen molar-refractivity contribution in [2.45, 2.75) is 318 Å². The van der Waals surface area contributed by atoms with Gasteiger partial charge < -0.3 is 33.8 Å². The first-order valence-electron chi connectivity index (χ1n) is 32.8. The van der Waals surface area contributed by atoms with Gasteiger partial charge in [-0.25, -0.2) is 9.13 Å². The van der Waals surface area contributed by atoms with Gasteiger partial charge in [0, 0.05) is 25.7 Å². The highest BCUT2D eigenvalue weighted by Crippen LogP contribution is 2.45. The molecular formula is C63H122O17P2. The average Bonchev–Trinajstić information content (AvgIpc) is 3.45. The molecule has 0 aliphatic carbocycles. The van der Waals surface area contributed by atoms with Crippen molar-refractivity contribution in [2.75, 3.05) is 39.6 Å². The molecule has 0 amide bonds. The van der Waals surface area contributed by atoms with Crippen LogP contribution in [0.5, 0.6) is 0 Å². The largest absolute Gasteiger partial charge is 0.472 e. The molecule has 19 heteroatoms. The van der Waals surface area contributed by atoms with Gasteiger partial charge in [-0.3, -0.25) is 37.3 Å². The van der Waals surface area contributed by atoms with E-state index in [-0.39, 0.29) is 25.7 Å². The third-order valence-corrected chi connectivity index (χ3v) is 16.9. The summed E-state index contributed by atoms with van der Waals surface area (Å²) in [4.78, 5) is 72.1. The summed E-state index contributed by atoms with van der Waals surface area (Å²) in [6.45, 7) is 13.9. The first kappa shape index (κ1) is 80.1. The van der Waals surface area contributed by atoms with Gasteiger partial charge in [0.2, 0.25) is 0 Å². The quantitative estimate of drug-likeness (QED) is 0.0222. The van der Waals surface area contributed by atoms with Crippen molar-refractivity contribution in [3.05, 3.63) is 0 Å². The molecule has 0 aliphatic rings. The summed E-state index contributed by atoms with van der Waals surface area (Å²) in [7, 11) is -9.89. The van der Waals surface area contributed by atoms with Crippen LogP contribution in [0.2, 0.25) is 0 Å². The number of unbranched alkanes of at least 4 members (excludes halogenated alkanes) is 24. The number of hydrogen-bond acceptors (Lipinski definition) is 15. The number of aliphatic hydroxyl groups is 1. The molecular weight excluding hydrogens is 1090 g/mol. The zero-order chi connectivity index (χ0) is 61.1. The van der Waals surface area contributed by atoms with Crippen molar-refractivity contribution in [3.8, 4) is 0 Å². The Bertz CT molecular complexity index is 1530. The number of phosphoric acid groups is 2. The van der Waals surface area contributed by atoms with Crippen LogP contribution in [-0.2, 0) is 65.4 Å². The molecule has 0 aromatic carbocycles. The van der Waals surface area contributed by atoms with Gasteiger partial charge in [0.1, 0.15) is 19.3 Å². The van der Waals surface area contributed by atoms with Crippen molar-refractivity contribution in [1.29, 1.82) is 0 Å². The van der Waals surface area contributed by atoms with Crippen LogP contribution in [0.15, 0.2) is 0 Å². The van der Waals surface area contributed by atoms with E-state index >= 15 is 0 Å². The highest BCUT2D eigenvalue weighted by atomic mass is 31.2. The fourth-order valence-electron chi connectivity index (χ4n) is 9.19. The van der Waals surface area contributed by atoms with E-state index in [0.717, 1.165) is 115 Å². The maximum absolute atomic E-state index is 13.0. The van der Waals surface area contributed by atoms with Crippen LogP contribution >= 0.6 is 15.6 Å². The zero-order valence-electron chi connectivity index (χ0n) is 53.1. The number of esters is 4. The molecule has 0 aromatic heterocycles. The zero-order valence-corrected chi connectivity index (χ0v) is 54.9. The fourth-order valence-corrected chi connectivity index (χ4v) is 10.8. The number of carbonyl (C=O) groups is 4. The van der Waals surface area contributed by atoms with E-state index in [0.29, 0.717) is 37.5 Å². The van der Waals surface area contributed by atoms with Gasteiger partial charge in [0.25, 0.3) is 0 Å². The molecule has 0 rings (SSSR count). The molecule has 3 N–H and O–H groups in total. The molecule has 82 heavy (non-hydrogen) atoms. The molecule has 0 heterocycles. The Labute approximate surface area is 498 Å². The Morgan fingerprint density at radius 3 is 0.866 bits per heavy atom. The lowest BCUT2D eigenvalue weighted by atomic mass is 9.99. The molecule has 0 fully saturated rings. The number of ether oxygens (including phenoxy) is 4. The predicted molar refractivity (Wildman–Crippen MR) is 326 cm³/mol. The fraction of sp³-hybridized carbons (Fsp3) is 0.937. The van der Waals surface area contributed by atoms with Gasteiger partial charge in [0.15, 0.2) is 12.2 Å². The van der Waals surface area contributed by atoms with E-state index in [4.69, 9.17) is 37.0 Å². The van der Waals surface area contributed by atoms with Crippen molar-refractivity contribution in [3.63, 3.8) is 0 Å². The smallest absolute Gasteiger partial charge is 0.462 e. The van der Waals surface area contributed by atoms with Crippen LogP contribution in [-0.4, -0.2) is 96.7 Å². The minimum atomic E-state index is -4.94. The molecule has 0 bridgehead atoms. The van der Waals surface area contributed by atoms with E-state index in [1.807, 2.05) is 0 Å². The lowest BCUT2D eigenvalue weighted by Crippen LogP contribution is -2.30. The predicted octanol–water partition coefficient (Wildman–Crippen LogP) is 17.0. The maximum atomic E-state index is 13.0. The number of phosphoric ester groups is 2. The lowest BCUT2D eigenvalue weighted by molar-refractivity contribution is -0.161. The summed E-state index contributed by atoms with van der Waals surface area (Å²) in [5.41, 5.74) is 0. The molecule has 0 aromatic rings. The van der Waals surface area contributed by atoms with Gasteiger partial charge in [0.05, 0.1) is 26.4 Å². The van der Waals surface area contributed by atoms with E-state index in [2.05, 4.69) is 55.4 Å². The third-order valence-electron chi connectivity index (χ3n) is 15.0. The summed E-state index contributed by atoms with van der Waals surface area (Å²) in [5, 5.41) is 10.5. The summed E-state index contributed by atoms with van der Waals surface area (Å²) in [6, 6.07) is 0. The Hall–Kier alpha value is -1.94. The second kappa shape index (κ2) is 53.3. The molecule has 0 saturated heterocycles. The topological polar surface area (TPSA) is 237 Å². The van der Waals surface area contributed by atoms with Crippen molar-refractivity contribution >= 4 is 39.5 Å². The monoisotopic (exact) mass is 1210 g/mol. The summed E-state index contributed by atoms with van der Waals surface area (Å²) >= 11 is 0. The number of hydrogen-bond donors (Lipinski definition) is 3. The van der Waals surface area contributed by atoms with Crippen LogP contribution in [0.25, 0.3) is 0 Å². The van der Waals surface area contributed by atoms with Crippen LogP contribution in [0.3, 0.4) is 0 Å². The van der Waals surface area contributed by atoms with Gasteiger partial charge in [-0.2, -0.15) is 0 Å². The van der Waals surface area contributed by atoms with E-state index in [1.54, 1.807) is 0 Å². The van der Waals surface area contributed by atoms with Crippen molar-refractivity contribution in [2.24, 2.45) is 23.7 Å². The highest BCUT2D eigenvalue weighted by Gasteiger charge is 2.30. The molecule has 0 aliphatic heterocycles. The lowest BCUT2D eigenvalue weighted by Gasteiger charge is -2.21. The van der Waals surface area contributed by atoms with E-state index in [9.17, 15) is 43.2 Å². The van der Waals surface area contributed by atoms with Gasteiger partial charge >= 0.3 is 39.5 Å². The van der Waals surface area contributed by atoms with Gasteiger partial charge in [-0.15, -0.1) is 0 Å². The van der Waals surface area contributed by atoms with Crippen LogP contribution < -0.4 is 0 Å². The first-order chi connectivity index (χ1) is 39.2. The Morgan fingerprint density at radius 1 is 0.341 bits per heavy atom. The molecule has 6 atom stereocenters. The molecule has 17 nitrogen and oxygen atoms in total. The van der Waals surface area contributed by atoms with Gasteiger partial charge in [-0.1, -0.05) is 248 Å². The summed E-state index contributed by atoms with van der Waals surface area (Å²) in [5.74, 6) is 0.753. The molecule has 0 radical (unpaired) electrons. The second-order valence-corrected chi connectivity index (χ2v) is 27.1. The van der Waals surface area contributed by atoms with E-state index < -0.39 is 97.5 Å². The standard InChI is InChI=1S/C63H122O17P2/c1-9-55(7)41-33-25-15-11-13-17-29-37-45-62(67)79-58(49-73-60(65)43-35-27-21-19-23-31-39-53(3)4)51-77-81(69,70)75-47-57(64)48-76-82(71,72)78-52-59(50-74-61(66)44-36-28-22-20-24-32-40-54(5)6)80-63(68)46-38-30-18-14-12-16-26-34-42-56(8)10-2/h53-59,64H,9-52H2,1-8H3,(H,69,70)(H,71,72)/t55?,56?,57?,58-,59-/m1/s1. The van der Waals surface area contributed by atoms with Crippen molar-refractivity contribution < 1.29 is 80.2 Å². The Kier molecular flexibility index (Phi) is 52.0. The normalized spacial score (nSPS) is 15.1. The second-order valence-electron chi connectivity index (χ2n) is 24.2. The van der Waals surface area contributed by atoms with Crippen molar-refractivity contribution in [1.82, 2.24) is 0 Å². The highest BCUT2D eigenvalue weighted by molar-refractivity contribution is 7.47. The maximum Gasteiger partial charge on any atom is 0.472 e. The van der Waals surface area contributed by atoms with Crippen LogP contribution in [0.1, 0.15) is 299 Å². The minimum Gasteiger partial charge on any atom is -0.462 e. The van der Waals surface area contributed by atoms with Crippen LogP contribution in [0.4, 0.5) is 0 Å². The first-order valence-corrected chi connectivity index (χ1v) is 35.8. The van der Waals surface area contributed by atoms with Gasteiger partial charge in [-0.05, 0) is 49.4 Å². The molecule has 0 saturated carbocycles. The number of carbonyl (C=O) groups excluding carboxylic acids is 4. The SMILES string of the molecule is CCC(C)CCCCCCCCCCC(=O)O[C@H](COC(=O)CCCCCCCCC(C)C)COP(=O)(O)OCC(O)COP(=O)(O)OC[C@@H](COC(=O)CCCCCCCCC(C)C)OC(=O)CCCCCCCCCCC(C)CC. The molecule has 486 valence electrons. The Balaban J connectivity index is 5.26.